The Kier molecular flexibility index (Phi) is 9.17. The summed E-state index contributed by atoms with van der Waals surface area (Å²) < 4.78 is 5.39. The summed E-state index contributed by atoms with van der Waals surface area (Å²) in [5, 5.41) is 4.27. The lowest BCUT2D eigenvalue weighted by molar-refractivity contribution is -0.124. The second-order valence-corrected chi connectivity index (χ2v) is 11.5. The molecule has 4 aromatic rings. The van der Waals surface area contributed by atoms with Gasteiger partial charge in [0.25, 0.3) is 5.91 Å². The Morgan fingerprint density at radius 2 is 1.60 bits per heavy atom. The predicted molar refractivity (Wildman–Crippen MR) is 169 cm³/mol. The van der Waals surface area contributed by atoms with E-state index in [-0.39, 0.29) is 11.8 Å². The topological polar surface area (TPSA) is 80.9 Å². The summed E-state index contributed by atoms with van der Waals surface area (Å²) >= 11 is 0. The van der Waals surface area contributed by atoms with Crippen molar-refractivity contribution in [2.75, 3.05) is 59.5 Å². The Morgan fingerprint density at radius 3 is 2.42 bits per heavy atom. The summed E-state index contributed by atoms with van der Waals surface area (Å²) in [6.45, 7) is 7.50. The van der Waals surface area contributed by atoms with Gasteiger partial charge in [-0.3, -0.25) is 14.5 Å². The maximum absolute atomic E-state index is 14.1. The first-order chi connectivity index (χ1) is 21.1. The van der Waals surface area contributed by atoms with Gasteiger partial charge in [-0.05, 0) is 36.2 Å². The van der Waals surface area contributed by atoms with Crippen LogP contribution < -0.4 is 5.32 Å². The molecule has 224 valence electrons. The molecule has 1 aromatic heterocycles. The standard InChI is InChI=1S/C35H41N5O3/c1-43-23-22-40-33(30-24-37-31-15-8-7-12-27(30)31)32(28-13-5-6-14-29(28)35(40)42)34(41)36-16-9-17-38-18-20-39(21-19-38)25-26-10-3-2-4-11-26/h2-8,10-15,24,32-33,37H,9,16-23,25H2,1H3,(H,36,41). The summed E-state index contributed by atoms with van der Waals surface area (Å²) in [5.74, 6) is -0.657. The fourth-order valence-electron chi connectivity index (χ4n) is 6.63. The highest BCUT2D eigenvalue weighted by Crippen LogP contribution is 2.44. The van der Waals surface area contributed by atoms with Crippen molar-refractivity contribution in [3.05, 3.63) is 107 Å². The molecule has 3 heterocycles. The number of amides is 2. The number of aromatic amines is 1. The number of benzene rings is 3. The predicted octanol–water partition coefficient (Wildman–Crippen LogP) is 4.42. The number of methoxy groups -OCH3 is 1. The minimum atomic E-state index is -0.536. The van der Waals surface area contributed by atoms with Crippen molar-refractivity contribution in [1.29, 1.82) is 0 Å². The third-order valence-electron chi connectivity index (χ3n) is 8.86. The first-order valence-electron chi connectivity index (χ1n) is 15.3. The van der Waals surface area contributed by atoms with Gasteiger partial charge in [-0.25, -0.2) is 0 Å². The highest BCUT2D eigenvalue weighted by molar-refractivity contribution is 6.02. The number of ether oxygens (including phenoxy) is 1. The molecule has 0 saturated carbocycles. The minimum Gasteiger partial charge on any atom is -0.383 e. The second kappa shape index (κ2) is 13.5. The van der Waals surface area contributed by atoms with E-state index in [4.69, 9.17) is 4.74 Å². The molecule has 1 saturated heterocycles. The molecule has 0 bridgehead atoms. The number of nitrogens with zero attached hydrogens (tertiary/aromatic N) is 3. The van der Waals surface area contributed by atoms with E-state index in [2.05, 4.69) is 56.5 Å². The third kappa shape index (κ3) is 6.37. The molecule has 2 N–H and O–H groups in total. The van der Waals surface area contributed by atoms with Crippen LogP contribution >= 0.6 is 0 Å². The Hall–Kier alpha value is -3.98. The number of para-hydroxylation sites is 1. The summed E-state index contributed by atoms with van der Waals surface area (Å²) in [4.78, 5) is 38.1. The Labute approximate surface area is 253 Å². The minimum absolute atomic E-state index is 0.0506. The zero-order valence-electron chi connectivity index (χ0n) is 24.9. The van der Waals surface area contributed by atoms with Gasteiger partial charge < -0.3 is 24.8 Å². The lowest BCUT2D eigenvalue weighted by atomic mass is 9.79. The van der Waals surface area contributed by atoms with Crippen LogP contribution in [-0.4, -0.2) is 91.0 Å². The van der Waals surface area contributed by atoms with Crippen molar-refractivity contribution in [3.63, 3.8) is 0 Å². The van der Waals surface area contributed by atoms with Crippen molar-refractivity contribution in [2.24, 2.45) is 0 Å². The van der Waals surface area contributed by atoms with E-state index in [1.807, 2.05) is 53.6 Å². The molecular weight excluding hydrogens is 538 g/mol. The molecular formula is C35H41N5O3. The van der Waals surface area contributed by atoms with Crippen molar-refractivity contribution < 1.29 is 14.3 Å². The van der Waals surface area contributed by atoms with Crippen LogP contribution in [0.25, 0.3) is 10.9 Å². The number of fused-ring (bicyclic) bond motifs is 2. The van der Waals surface area contributed by atoms with E-state index >= 15 is 0 Å². The molecule has 8 nitrogen and oxygen atoms in total. The van der Waals surface area contributed by atoms with Crippen molar-refractivity contribution >= 4 is 22.7 Å². The van der Waals surface area contributed by atoms with Crippen molar-refractivity contribution in [2.45, 2.75) is 24.9 Å². The number of rotatable bonds is 11. The molecule has 0 aliphatic carbocycles. The summed E-state index contributed by atoms with van der Waals surface area (Å²) in [7, 11) is 1.64. The van der Waals surface area contributed by atoms with Gasteiger partial charge in [-0.1, -0.05) is 66.7 Å². The van der Waals surface area contributed by atoms with E-state index in [1.54, 1.807) is 7.11 Å². The average molecular weight is 580 g/mol. The van der Waals surface area contributed by atoms with E-state index in [9.17, 15) is 9.59 Å². The van der Waals surface area contributed by atoms with E-state index in [1.165, 1.54) is 5.56 Å². The maximum atomic E-state index is 14.1. The fraction of sp³-hybridized carbons (Fsp3) is 0.371. The monoisotopic (exact) mass is 579 g/mol. The second-order valence-electron chi connectivity index (χ2n) is 11.5. The van der Waals surface area contributed by atoms with Gasteiger partial charge in [0.2, 0.25) is 5.91 Å². The molecule has 3 aromatic carbocycles. The molecule has 0 radical (unpaired) electrons. The highest BCUT2D eigenvalue weighted by atomic mass is 16.5. The summed E-state index contributed by atoms with van der Waals surface area (Å²) in [6, 6.07) is 25.8. The number of nitrogens with one attached hydrogen (secondary N) is 2. The zero-order chi connectivity index (χ0) is 29.6. The fourth-order valence-corrected chi connectivity index (χ4v) is 6.63. The lowest BCUT2D eigenvalue weighted by Gasteiger charge is -2.41. The molecule has 8 heteroatoms. The van der Waals surface area contributed by atoms with Crippen LogP contribution in [0.5, 0.6) is 0 Å². The molecule has 1 fully saturated rings. The maximum Gasteiger partial charge on any atom is 0.254 e. The van der Waals surface area contributed by atoms with Crippen LogP contribution in [0.4, 0.5) is 0 Å². The molecule has 2 amide bonds. The van der Waals surface area contributed by atoms with E-state index in [0.717, 1.165) is 67.7 Å². The van der Waals surface area contributed by atoms with E-state index < -0.39 is 12.0 Å². The van der Waals surface area contributed by atoms with Gasteiger partial charge in [0.15, 0.2) is 0 Å². The van der Waals surface area contributed by atoms with Crippen molar-refractivity contribution in [1.82, 2.24) is 25.0 Å². The highest BCUT2D eigenvalue weighted by Gasteiger charge is 2.44. The number of aromatic nitrogens is 1. The Bertz CT molecular complexity index is 1530. The first kappa shape index (κ1) is 29.1. The van der Waals surface area contributed by atoms with Crippen LogP contribution in [0.15, 0.2) is 85.1 Å². The molecule has 2 aliphatic rings. The molecule has 2 atom stereocenters. The van der Waals surface area contributed by atoms with Gasteiger partial charge in [0.1, 0.15) is 0 Å². The van der Waals surface area contributed by atoms with Gasteiger partial charge in [0, 0.05) is 81.1 Å². The smallest absolute Gasteiger partial charge is 0.254 e. The van der Waals surface area contributed by atoms with Gasteiger partial charge in [-0.2, -0.15) is 0 Å². The summed E-state index contributed by atoms with van der Waals surface area (Å²) in [5.41, 5.74) is 4.66. The third-order valence-corrected chi connectivity index (χ3v) is 8.86. The quantitative estimate of drug-likeness (QED) is 0.257. The van der Waals surface area contributed by atoms with Crippen LogP contribution in [0, 0.1) is 0 Å². The Morgan fingerprint density at radius 1 is 0.884 bits per heavy atom. The largest absolute Gasteiger partial charge is 0.383 e. The number of H-pyrrole nitrogens is 1. The lowest BCUT2D eigenvalue weighted by Crippen LogP contribution is -2.49. The number of carbonyl (C=O) groups is 2. The molecule has 43 heavy (non-hydrogen) atoms. The number of hydrogen-bond donors (Lipinski definition) is 2. The van der Waals surface area contributed by atoms with Crippen LogP contribution in [0.1, 0.15) is 45.4 Å². The van der Waals surface area contributed by atoms with Crippen molar-refractivity contribution in [3.8, 4) is 0 Å². The number of carbonyl (C=O) groups excluding carboxylic acids is 2. The van der Waals surface area contributed by atoms with E-state index in [0.29, 0.717) is 25.3 Å². The van der Waals surface area contributed by atoms with Crippen LogP contribution in [-0.2, 0) is 16.1 Å². The summed E-state index contributed by atoms with van der Waals surface area (Å²) in [6.07, 6.45) is 2.83. The molecule has 0 spiro atoms. The SMILES string of the molecule is COCCN1C(=O)c2ccccc2C(C(=O)NCCCN2CCN(Cc3ccccc3)CC2)C1c1c[nH]c2ccccc12. The van der Waals surface area contributed by atoms with Gasteiger partial charge in [-0.15, -0.1) is 0 Å². The number of piperazine rings is 1. The van der Waals surface area contributed by atoms with Gasteiger partial charge in [0.05, 0.1) is 18.6 Å². The molecule has 6 rings (SSSR count). The molecule has 2 aliphatic heterocycles. The van der Waals surface area contributed by atoms with Crippen LogP contribution in [0.3, 0.4) is 0 Å². The zero-order valence-corrected chi connectivity index (χ0v) is 24.9. The van der Waals surface area contributed by atoms with Crippen LogP contribution in [0.2, 0.25) is 0 Å². The first-order valence-corrected chi connectivity index (χ1v) is 15.3. The normalized spacial score (nSPS) is 19.5. The van der Waals surface area contributed by atoms with Gasteiger partial charge >= 0.3 is 0 Å². The number of hydrogen-bond acceptors (Lipinski definition) is 5. The Balaban J connectivity index is 1.14. The molecule has 2 unspecified atom stereocenters. The average Bonchev–Trinajstić information content (AvgIpc) is 3.47.